The Labute approximate surface area is 172 Å². The highest BCUT2D eigenvalue weighted by molar-refractivity contribution is 6.30. The van der Waals surface area contributed by atoms with Gasteiger partial charge in [0.1, 0.15) is 0 Å². The van der Waals surface area contributed by atoms with E-state index in [1.54, 1.807) is 24.3 Å². The van der Waals surface area contributed by atoms with Gasteiger partial charge in [-0.15, -0.1) is 10.2 Å². The van der Waals surface area contributed by atoms with Crippen molar-refractivity contribution in [2.75, 3.05) is 26.1 Å². The number of methoxy groups -OCH3 is 1. The number of hydrogen-bond donors (Lipinski definition) is 2. The summed E-state index contributed by atoms with van der Waals surface area (Å²) in [4.78, 5) is 14.1. The average Bonchev–Trinajstić information content (AvgIpc) is 3.10. The number of aromatic nitrogens is 2. The van der Waals surface area contributed by atoms with Crippen LogP contribution in [0.3, 0.4) is 0 Å². The van der Waals surface area contributed by atoms with E-state index in [0.29, 0.717) is 16.4 Å². The number of hydrazine groups is 1. The molecule has 0 unspecified atom stereocenters. The van der Waals surface area contributed by atoms with Crippen LogP contribution in [0.15, 0.2) is 58.8 Å². The van der Waals surface area contributed by atoms with Gasteiger partial charge in [0.15, 0.2) is 11.4 Å². The van der Waals surface area contributed by atoms with E-state index in [2.05, 4.69) is 20.8 Å². The van der Waals surface area contributed by atoms with Crippen molar-refractivity contribution >= 4 is 34.7 Å². The first kappa shape index (κ1) is 20.3. The zero-order chi connectivity index (χ0) is 21.0. The van der Waals surface area contributed by atoms with Crippen molar-refractivity contribution in [3.8, 4) is 11.4 Å². The number of carbonyl (C=O) groups excluding carboxylic acids is 1. The molecule has 1 heterocycles. The zero-order valence-electron chi connectivity index (χ0n) is 16.1. The summed E-state index contributed by atoms with van der Waals surface area (Å²) in [5, 5.41) is 13.3. The number of rotatable bonds is 6. The number of azo groups is 1. The minimum absolute atomic E-state index is 0.0214. The van der Waals surface area contributed by atoms with E-state index >= 15 is 0 Å². The van der Waals surface area contributed by atoms with E-state index in [1.807, 2.05) is 43.3 Å². The molecule has 0 aliphatic rings. The number of nitrogens with one attached hydrogen (secondary N) is 1. The minimum Gasteiger partial charge on any atom is -0.491 e. The van der Waals surface area contributed by atoms with Gasteiger partial charge in [-0.2, -0.15) is 5.10 Å². The molecule has 3 aromatic rings. The zero-order valence-corrected chi connectivity index (χ0v) is 16.9. The summed E-state index contributed by atoms with van der Waals surface area (Å²) in [6.07, 6.45) is 0. The van der Waals surface area contributed by atoms with Gasteiger partial charge >= 0.3 is 0 Å². The second kappa shape index (κ2) is 8.72. The maximum atomic E-state index is 12.1. The molecule has 0 aliphatic carbocycles. The Hall–Kier alpha value is -3.43. The van der Waals surface area contributed by atoms with Gasteiger partial charge in [-0.25, -0.2) is 10.5 Å². The number of benzene rings is 2. The van der Waals surface area contributed by atoms with E-state index in [4.69, 9.17) is 22.2 Å². The van der Waals surface area contributed by atoms with Gasteiger partial charge in [0.05, 0.1) is 18.5 Å². The highest BCUT2D eigenvalue weighted by atomic mass is 35.5. The second-order valence-electron chi connectivity index (χ2n) is 6.18. The molecule has 0 radical (unpaired) electrons. The number of carbonyl (C=O) groups is 1. The molecule has 29 heavy (non-hydrogen) atoms. The SMILES string of the molecule is COc1c(C(=O)NN)nn(-c2cccc(Cl)c2)c1N=Nc1ccc(N(C)C)cc1. The number of hydrogen-bond acceptors (Lipinski definition) is 7. The maximum absolute atomic E-state index is 12.1. The smallest absolute Gasteiger partial charge is 0.289 e. The molecule has 0 fully saturated rings. The summed E-state index contributed by atoms with van der Waals surface area (Å²) in [6, 6.07) is 14.5. The summed E-state index contributed by atoms with van der Waals surface area (Å²) in [6.45, 7) is 0. The summed E-state index contributed by atoms with van der Waals surface area (Å²) in [5.41, 5.74) is 4.28. The van der Waals surface area contributed by atoms with Gasteiger partial charge in [-0.05, 0) is 42.5 Å². The van der Waals surface area contributed by atoms with Crippen LogP contribution in [0.4, 0.5) is 17.2 Å². The number of nitrogen functional groups attached to an aromatic ring is 1. The fourth-order valence-corrected chi connectivity index (χ4v) is 2.78. The summed E-state index contributed by atoms with van der Waals surface area (Å²) in [5.74, 6) is 5.02. The van der Waals surface area contributed by atoms with Crippen molar-refractivity contribution in [2.45, 2.75) is 0 Å². The fourth-order valence-electron chi connectivity index (χ4n) is 2.60. The Morgan fingerprint density at radius 3 is 2.52 bits per heavy atom. The van der Waals surface area contributed by atoms with Crippen LogP contribution in [-0.2, 0) is 0 Å². The number of ether oxygens (including phenoxy) is 1. The lowest BCUT2D eigenvalue weighted by Crippen LogP contribution is -2.30. The minimum atomic E-state index is -0.616. The molecule has 150 valence electrons. The van der Waals surface area contributed by atoms with Gasteiger partial charge in [0.25, 0.3) is 5.91 Å². The molecule has 10 heteroatoms. The Kier molecular flexibility index (Phi) is 6.10. The number of nitrogens with zero attached hydrogens (tertiary/aromatic N) is 5. The average molecular weight is 414 g/mol. The Balaban J connectivity index is 2.09. The normalized spacial score (nSPS) is 10.9. The number of anilines is 1. The van der Waals surface area contributed by atoms with Crippen molar-refractivity contribution in [2.24, 2.45) is 16.1 Å². The Morgan fingerprint density at radius 1 is 1.21 bits per heavy atom. The molecule has 0 atom stereocenters. The van der Waals surface area contributed by atoms with E-state index in [-0.39, 0.29) is 17.3 Å². The third kappa shape index (κ3) is 4.36. The summed E-state index contributed by atoms with van der Waals surface area (Å²) < 4.78 is 6.80. The molecule has 0 saturated carbocycles. The molecule has 2 aromatic carbocycles. The molecule has 9 nitrogen and oxygen atoms in total. The van der Waals surface area contributed by atoms with Crippen LogP contribution in [0, 0.1) is 0 Å². The first-order chi connectivity index (χ1) is 13.9. The molecule has 0 aliphatic heterocycles. The van der Waals surface area contributed by atoms with Crippen LogP contribution in [0.2, 0.25) is 5.02 Å². The van der Waals surface area contributed by atoms with Crippen molar-refractivity contribution in [1.82, 2.24) is 15.2 Å². The molecule has 3 rings (SSSR count). The van der Waals surface area contributed by atoms with Crippen molar-refractivity contribution in [3.05, 3.63) is 59.2 Å². The predicted molar refractivity (Wildman–Crippen MR) is 112 cm³/mol. The molecular weight excluding hydrogens is 394 g/mol. The predicted octanol–water partition coefficient (Wildman–Crippen LogP) is 3.62. The van der Waals surface area contributed by atoms with Crippen LogP contribution >= 0.6 is 11.6 Å². The lowest BCUT2D eigenvalue weighted by molar-refractivity contribution is 0.0945. The molecule has 0 bridgehead atoms. The fraction of sp³-hybridized carbons (Fsp3) is 0.158. The first-order valence-corrected chi connectivity index (χ1v) is 8.95. The number of halogens is 1. The molecule has 0 spiro atoms. The van der Waals surface area contributed by atoms with Gasteiger partial charge in [-0.3, -0.25) is 10.2 Å². The van der Waals surface area contributed by atoms with Crippen LogP contribution in [0.25, 0.3) is 5.69 Å². The molecular formula is C19H20ClN7O2. The molecule has 3 N–H and O–H groups in total. The third-order valence-electron chi connectivity index (χ3n) is 4.05. The molecule has 1 aromatic heterocycles. The highest BCUT2D eigenvalue weighted by Gasteiger charge is 2.25. The maximum Gasteiger partial charge on any atom is 0.289 e. The molecule has 1 amide bonds. The quantitative estimate of drug-likeness (QED) is 0.277. The van der Waals surface area contributed by atoms with Gasteiger partial charge in [0.2, 0.25) is 5.82 Å². The monoisotopic (exact) mass is 413 g/mol. The van der Waals surface area contributed by atoms with Crippen molar-refractivity contribution < 1.29 is 9.53 Å². The van der Waals surface area contributed by atoms with Crippen LogP contribution < -0.4 is 20.9 Å². The largest absolute Gasteiger partial charge is 0.491 e. The highest BCUT2D eigenvalue weighted by Crippen LogP contribution is 2.35. The van der Waals surface area contributed by atoms with Crippen molar-refractivity contribution in [1.29, 1.82) is 0 Å². The lowest BCUT2D eigenvalue weighted by Gasteiger charge is -2.11. The van der Waals surface area contributed by atoms with E-state index in [9.17, 15) is 4.79 Å². The molecule has 0 saturated heterocycles. The summed E-state index contributed by atoms with van der Waals surface area (Å²) >= 11 is 6.10. The van der Waals surface area contributed by atoms with E-state index < -0.39 is 5.91 Å². The standard InChI is InChI=1S/C19H20ClN7O2/c1-26(2)14-9-7-13(8-10-14)23-24-18-17(29-3)16(19(28)22-21)25-27(18)15-6-4-5-12(20)11-15/h4-11H,21H2,1-3H3,(H,22,28). The lowest BCUT2D eigenvalue weighted by atomic mass is 10.3. The first-order valence-electron chi connectivity index (χ1n) is 8.57. The number of nitrogens with two attached hydrogens (primary N) is 1. The van der Waals surface area contributed by atoms with Crippen molar-refractivity contribution in [3.63, 3.8) is 0 Å². The van der Waals surface area contributed by atoms with Gasteiger partial charge in [-0.1, -0.05) is 17.7 Å². The topological polar surface area (TPSA) is 110 Å². The number of amides is 1. The summed E-state index contributed by atoms with van der Waals surface area (Å²) in [7, 11) is 5.32. The van der Waals surface area contributed by atoms with Crippen LogP contribution in [0.1, 0.15) is 10.5 Å². The van der Waals surface area contributed by atoms with Crippen LogP contribution in [0.5, 0.6) is 5.75 Å². The third-order valence-corrected chi connectivity index (χ3v) is 4.28. The van der Waals surface area contributed by atoms with Gasteiger partial charge in [0, 0.05) is 24.8 Å². The van der Waals surface area contributed by atoms with E-state index in [0.717, 1.165) is 5.69 Å². The van der Waals surface area contributed by atoms with Crippen LogP contribution in [-0.4, -0.2) is 36.9 Å². The van der Waals surface area contributed by atoms with Gasteiger partial charge < -0.3 is 9.64 Å². The second-order valence-corrected chi connectivity index (χ2v) is 6.62. The Bertz CT molecular complexity index is 1050. The van der Waals surface area contributed by atoms with E-state index in [1.165, 1.54) is 11.8 Å². The Morgan fingerprint density at radius 2 is 1.93 bits per heavy atom.